The summed E-state index contributed by atoms with van der Waals surface area (Å²) < 4.78 is 30.9. The fourth-order valence-corrected chi connectivity index (χ4v) is 2.96. The van der Waals surface area contributed by atoms with E-state index in [1.54, 1.807) is 4.72 Å². The third-order valence-electron chi connectivity index (χ3n) is 3.27. The summed E-state index contributed by atoms with van der Waals surface area (Å²) in [6, 6.07) is 0. The van der Waals surface area contributed by atoms with Crippen molar-refractivity contribution >= 4 is 22.3 Å². The Morgan fingerprint density at radius 3 is 2.32 bits per heavy atom. The van der Waals surface area contributed by atoms with Crippen LogP contribution in [0.3, 0.4) is 0 Å². The molecule has 0 saturated heterocycles. The van der Waals surface area contributed by atoms with Gasteiger partial charge >= 0.3 is 22.3 Å². The highest BCUT2D eigenvalue weighted by Gasteiger charge is 2.40. The number of carboxylic acids is 1. The van der Waals surface area contributed by atoms with Crippen LogP contribution in [0.25, 0.3) is 0 Å². The lowest BCUT2D eigenvalue weighted by Gasteiger charge is -2.32. The highest BCUT2D eigenvalue weighted by molar-refractivity contribution is 7.88. The predicted octanol–water partition coefficient (Wildman–Crippen LogP) is 0.212. The molecule has 110 valence electrons. The second-order valence-corrected chi connectivity index (χ2v) is 6.06. The molecule has 1 aliphatic carbocycles. The smallest absolute Gasteiger partial charge is 0.421 e. The fourth-order valence-electron chi connectivity index (χ4n) is 2.12. The third kappa shape index (κ3) is 4.35. The maximum Gasteiger partial charge on any atom is 0.421 e. The molecular formula is C10H18N2O6S. The lowest BCUT2D eigenvalue weighted by Crippen LogP contribution is -2.48. The molecule has 3 N–H and O–H groups in total. The van der Waals surface area contributed by atoms with Gasteiger partial charge in [0.05, 0.1) is 12.5 Å². The van der Waals surface area contributed by atoms with Crippen LogP contribution in [-0.4, -0.2) is 39.2 Å². The zero-order chi connectivity index (χ0) is 14.5. The summed E-state index contributed by atoms with van der Waals surface area (Å²) in [5.74, 6) is -1.02. The van der Waals surface area contributed by atoms with Gasteiger partial charge in [0.2, 0.25) is 0 Å². The topological polar surface area (TPSA) is 122 Å². The standard InChI is InChI=1S/C10H18N2O6S/c1-18-9(15)12-19(16,17)11-7-10(8(13)14)5-3-2-4-6-10/h11H,2-7H2,1H3,(H,12,15)(H,13,14). The molecule has 0 aliphatic heterocycles. The second kappa shape index (κ2) is 6.20. The lowest BCUT2D eigenvalue weighted by atomic mass is 9.74. The Kier molecular flexibility index (Phi) is 5.12. The molecule has 19 heavy (non-hydrogen) atoms. The van der Waals surface area contributed by atoms with Crippen LogP contribution < -0.4 is 9.44 Å². The van der Waals surface area contributed by atoms with Crippen molar-refractivity contribution in [1.29, 1.82) is 0 Å². The number of carbonyl (C=O) groups is 2. The van der Waals surface area contributed by atoms with Crippen LogP contribution in [0, 0.1) is 5.41 Å². The van der Waals surface area contributed by atoms with E-state index in [1.165, 1.54) is 0 Å². The van der Waals surface area contributed by atoms with Crippen molar-refractivity contribution in [3.05, 3.63) is 0 Å². The molecule has 1 aliphatic rings. The predicted molar refractivity (Wildman–Crippen MR) is 65.6 cm³/mol. The van der Waals surface area contributed by atoms with Gasteiger partial charge in [-0.1, -0.05) is 19.3 Å². The quantitative estimate of drug-likeness (QED) is 0.666. The first-order valence-electron chi connectivity index (χ1n) is 5.90. The first-order valence-corrected chi connectivity index (χ1v) is 7.38. The average Bonchev–Trinajstić information content (AvgIpc) is 2.37. The van der Waals surface area contributed by atoms with Crippen molar-refractivity contribution in [2.24, 2.45) is 5.41 Å². The number of hydrogen-bond acceptors (Lipinski definition) is 5. The lowest BCUT2D eigenvalue weighted by molar-refractivity contribution is -0.150. The van der Waals surface area contributed by atoms with E-state index in [2.05, 4.69) is 9.46 Å². The van der Waals surface area contributed by atoms with Gasteiger partial charge < -0.3 is 9.84 Å². The average molecular weight is 294 g/mol. The molecule has 1 saturated carbocycles. The Hall–Kier alpha value is -1.35. The molecule has 9 heteroatoms. The van der Waals surface area contributed by atoms with Gasteiger partial charge in [-0.25, -0.2) is 9.52 Å². The van der Waals surface area contributed by atoms with Crippen molar-refractivity contribution in [3.63, 3.8) is 0 Å². The monoisotopic (exact) mass is 294 g/mol. The normalized spacial score (nSPS) is 18.6. The van der Waals surface area contributed by atoms with Crippen LogP contribution >= 0.6 is 0 Å². The van der Waals surface area contributed by atoms with Crippen LogP contribution in [-0.2, 0) is 19.7 Å². The number of nitrogens with one attached hydrogen (secondary N) is 2. The van der Waals surface area contributed by atoms with Gasteiger partial charge in [0.15, 0.2) is 0 Å². The van der Waals surface area contributed by atoms with Crippen molar-refractivity contribution < 1.29 is 27.9 Å². The Bertz CT molecular complexity index is 441. The summed E-state index contributed by atoms with van der Waals surface area (Å²) in [7, 11) is -3.07. The van der Waals surface area contributed by atoms with E-state index in [4.69, 9.17) is 0 Å². The number of methoxy groups -OCH3 is 1. The van der Waals surface area contributed by atoms with Crippen molar-refractivity contribution in [2.75, 3.05) is 13.7 Å². The molecule has 0 aromatic rings. The number of rotatable bonds is 5. The van der Waals surface area contributed by atoms with Crippen molar-refractivity contribution in [3.8, 4) is 0 Å². The van der Waals surface area contributed by atoms with Crippen LogP contribution in [0.1, 0.15) is 32.1 Å². The van der Waals surface area contributed by atoms with Crippen LogP contribution in [0.4, 0.5) is 4.79 Å². The number of carbonyl (C=O) groups excluding carboxylic acids is 1. The molecule has 0 spiro atoms. The van der Waals surface area contributed by atoms with Gasteiger partial charge in [-0.05, 0) is 12.8 Å². The molecule has 0 radical (unpaired) electrons. The van der Waals surface area contributed by atoms with E-state index in [1.807, 2.05) is 0 Å². The van der Waals surface area contributed by atoms with Gasteiger partial charge in [-0.3, -0.25) is 4.79 Å². The van der Waals surface area contributed by atoms with Gasteiger partial charge in [0, 0.05) is 6.54 Å². The molecule has 1 rings (SSSR count). The van der Waals surface area contributed by atoms with Gasteiger partial charge in [-0.2, -0.15) is 13.1 Å². The maximum atomic E-state index is 11.5. The summed E-state index contributed by atoms with van der Waals surface area (Å²) in [6.45, 7) is -0.241. The zero-order valence-electron chi connectivity index (χ0n) is 10.6. The second-order valence-electron chi connectivity index (χ2n) is 4.56. The molecule has 0 aromatic heterocycles. The van der Waals surface area contributed by atoms with Gasteiger partial charge in [-0.15, -0.1) is 0 Å². The van der Waals surface area contributed by atoms with E-state index >= 15 is 0 Å². The van der Waals surface area contributed by atoms with Crippen molar-refractivity contribution in [1.82, 2.24) is 9.44 Å². The zero-order valence-corrected chi connectivity index (χ0v) is 11.5. The third-order valence-corrected chi connectivity index (χ3v) is 4.23. The summed E-state index contributed by atoms with van der Waals surface area (Å²) in [4.78, 5) is 22.1. The Balaban J connectivity index is 2.66. The summed E-state index contributed by atoms with van der Waals surface area (Å²) in [6.07, 6.45) is 2.16. The van der Waals surface area contributed by atoms with Crippen LogP contribution in [0.15, 0.2) is 0 Å². The van der Waals surface area contributed by atoms with Gasteiger partial charge in [0.25, 0.3) is 0 Å². The molecular weight excluding hydrogens is 276 g/mol. The number of ether oxygens (including phenoxy) is 1. The van der Waals surface area contributed by atoms with E-state index in [0.717, 1.165) is 26.4 Å². The number of hydrogen-bond donors (Lipinski definition) is 3. The van der Waals surface area contributed by atoms with Gasteiger partial charge in [0.1, 0.15) is 0 Å². The van der Waals surface area contributed by atoms with E-state index in [9.17, 15) is 23.1 Å². The van der Waals surface area contributed by atoms with E-state index in [0.29, 0.717) is 12.8 Å². The fraction of sp³-hybridized carbons (Fsp3) is 0.800. The molecule has 0 bridgehead atoms. The SMILES string of the molecule is COC(=O)NS(=O)(=O)NCC1(C(=O)O)CCCCC1. The minimum Gasteiger partial charge on any atom is -0.481 e. The molecule has 1 fully saturated rings. The number of aliphatic carboxylic acids is 1. The minimum absolute atomic E-state index is 0.241. The summed E-state index contributed by atoms with van der Waals surface area (Å²) in [5, 5.41) is 9.27. The minimum atomic E-state index is -4.10. The van der Waals surface area contributed by atoms with E-state index < -0.39 is 27.7 Å². The Labute approximate surface area is 111 Å². The number of carboxylic acid groups (broad SMARTS) is 1. The highest BCUT2D eigenvalue weighted by atomic mass is 32.2. The molecule has 0 heterocycles. The van der Waals surface area contributed by atoms with E-state index in [-0.39, 0.29) is 6.54 Å². The largest absolute Gasteiger partial charge is 0.481 e. The summed E-state index contributed by atoms with van der Waals surface area (Å²) >= 11 is 0. The molecule has 0 atom stereocenters. The molecule has 0 unspecified atom stereocenters. The first kappa shape index (κ1) is 15.7. The highest BCUT2D eigenvalue weighted by Crippen LogP contribution is 2.36. The Morgan fingerprint density at radius 2 is 1.84 bits per heavy atom. The molecule has 0 aromatic carbocycles. The molecule has 8 nitrogen and oxygen atoms in total. The molecule has 1 amide bonds. The Morgan fingerprint density at radius 1 is 1.26 bits per heavy atom. The van der Waals surface area contributed by atoms with Crippen LogP contribution in [0.5, 0.6) is 0 Å². The van der Waals surface area contributed by atoms with Crippen LogP contribution in [0.2, 0.25) is 0 Å². The van der Waals surface area contributed by atoms with Crippen molar-refractivity contribution in [2.45, 2.75) is 32.1 Å². The number of amides is 1. The maximum absolute atomic E-state index is 11.5. The first-order chi connectivity index (χ1) is 8.81. The summed E-state index contributed by atoms with van der Waals surface area (Å²) in [5.41, 5.74) is -1.09.